The Bertz CT molecular complexity index is 366. The molecule has 0 radical (unpaired) electrons. The third-order valence-electron chi connectivity index (χ3n) is 3.15. The highest BCUT2D eigenvalue weighted by Crippen LogP contribution is 2.42. The van der Waals surface area contributed by atoms with Gasteiger partial charge < -0.3 is 5.32 Å². The van der Waals surface area contributed by atoms with Crippen molar-refractivity contribution in [2.24, 2.45) is 5.92 Å². The molecule has 0 aliphatic carbocycles. The van der Waals surface area contributed by atoms with Gasteiger partial charge in [-0.2, -0.15) is 13.2 Å². The van der Waals surface area contributed by atoms with E-state index in [4.69, 9.17) is 11.6 Å². The van der Waals surface area contributed by atoms with Crippen LogP contribution in [0.1, 0.15) is 17.9 Å². The average molecular weight is 264 g/mol. The fraction of sp³-hybridized carbons (Fsp3) is 0.500. The molecule has 0 aromatic heterocycles. The Morgan fingerprint density at radius 3 is 2.41 bits per heavy atom. The SMILES string of the molecule is FC(F)(F)C1CC(Cl)NCC1c1ccccc1. The summed E-state index contributed by atoms with van der Waals surface area (Å²) in [5.74, 6) is -1.92. The van der Waals surface area contributed by atoms with Crippen molar-refractivity contribution in [3.8, 4) is 0 Å². The maximum absolute atomic E-state index is 13.0. The van der Waals surface area contributed by atoms with E-state index in [1.807, 2.05) is 0 Å². The van der Waals surface area contributed by atoms with Crippen molar-refractivity contribution in [3.63, 3.8) is 0 Å². The van der Waals surface area contributed by atoms with Gasteiger partial charge in [0.25, 0.3) is 0 Å². The molecule has 94 valence electrons. The molecule has 1 nitrogen and oxygen atoms in total. The molecule has 5 heteroatoms. The summed E-state index contributed by atoms with van der Waals surface area (Å²) in [7, 11) is 0. The molecule has 1 N–H and O–H groups in total. The number of hydrogen-bond donors (Lipinski definition) is 1. The predicted octanol–water partition coefficient (Wildman–Crippen LogP) is 3.51. The van der Waals surface area contributed by atoms with Gasteiger partial charge in [0.2, 0.25) is 0 Å². The Kier molecular flexibility index (Phi) is 3.64. The molecule has 1 fully saturated rings. The number of hydrogen-bond acceptors (Lipinski definition) is 1. The zero-order valence-corrected chi connectivity index (χ0v) is 9.80. The largest absolute Gasteiger partial charge is 0.392 e. The summed E-state index contributed by atoms with van der Waals surface area (Å²) in [6, 6.07) is 8.79. The molecule has 0 amide bonds. The molecule has 3 unspecified atom stereocenters. The lowest BCUT2D eigenvalue weighted by Crippen LogP contribution is -2.45. The molecule has 0 spiro atoms. The summed E-state index contributed by atoms with van der Waals surface area (Å²) in [6.07, 6.45) is -4.28. The van der Waals surface area contributed by atoms with Crippen molar-refractivity contribution in [2.45, 2.75) is 24.0 Å². The molecule has 17 heavy (non-hydrogen) atoms. The fourth-order valence-corrected chi connectivity index (χ4v) is 2.56. The van der Waals surface area contributed by atoms with E-state index in [1.165, 1.54) is 0 Å². The normalized spacial score (nSPS) is 30.2. The van der Waals surface area contributed by atoms with Gasteiger partial charge in [-0.25, -0.2) is 0 Å². The Morgan fingerprint density at radius 2 is 1.82 bits per heavy atom. The smallest absolute Gasteiger partial charge is 0.301 e. The van der Waals surface area contributed by atoms with Crippen molar-refractivity contribution >= 4 is 11.6 Å². The topological polar surface area (TPSA) is 12.0 Å². The van der Waals surface area contributed by atoms with E-state index in [-0.39, 0.29) is 13.0 Å². The van der Waals surface area contributed by atoms with Crippen LogP contribution < -0.4 is 5.32 Å². The minimum Gasteiger partial charge on any atom is -0.301 e. The third kappa shape index (κ3) is 2.93. The molecular weight excluding hydrogens is 251 g/mol. The van der Waals surface area contributed by atoms with Crippen LogP contribution in [0.3, 0.4) is 0 Å². The monoisotopic (exact) mass is 263 g/mol. The Balaban J connectivity index is 2.25. The Labute approximate surface area is 103 Å². The molecule has 0 saturated carbocycles. The van der Waals surface area contributed by atoms with E-state index in [2.05, 4.69) is 5.32 Å². The van der Waals surface area contributed by atoms with E-state index < -0.39 is 23.5 Å². The summed E-state index contributed by atoms with van der Waals surface area (Å²) >= 11 is 5.76. The summed E-state index contributed by atoms with van der Waals surface area (Å²) < 4.78 is 38.9. The molecule has 1 aromatic rings. The van der Waals surface area contributed by atoms with Crippen LogP contribution >= 0.6 is 11.6 Å². The van der Waals surface area contributed by atoms with E-state index in [0.717, 1.165) is 0 Å². The maximum atomic E-state index is 13.0. The van der Waals surface area contributed by atoms with Crippen LogP contribution in [0.2, 0.25) is 0 Å². The van der Waals surface area contributed by atoms with E-state index >= 15 is 0 Å². The van der Waals surface area contributed by atoms with Crippen LogP contribution in [0.5, 0.6) is 0 Å². The number of alkyl halides is 4. The van der Waals surface area contributed by atoms with Gasteiger partial charge in [0.1, 0.15) is 0 Å². The van der Waals surface area contributed by atoms with Crippen LogP contribution in [-0.4, -0.2) is 18.2 Å². The van der Waals surface area contributed by atoms with Crippen molar-refractivity contribution in [3.05, 3.63) is 35.9 Å². The standard InChI is InChI=1S/C12H13ClF3N/c13-11-6-10(12(14,15)16)9(7-17-11)8-4-2-1-3-5-8/h1-5,9-11,17H,6-7H2. The van der Waals surface area contributed by atoms with Gasteiger partial charge in [0.15, 0.2) is 0 Å². The lowest BCUT2D eigenvalue weighted by atomic mass is 9.81. The third-order valence-corrected chi connectivity index (χ3v) is 3.49. The van der Waals surface area contributed by atoms with E-state index in [0.29, 0.717) is 5.56 Å². The quantitative estimate of drug-likeness (QED) is 0.604. The molecule has 1 aliphatic heterocycles. The second-order valence-electron chi connectivity index (χ2n) is 4.28. The fourth-order valence-electron chi connectivity index (χ4n) is 2.28. The van der Waals surface area contributed by atoms with Gasteiger partial charge in [-0.05, 0) is 12.0 Å². The van der Waals surface area contributed by atoms with Gasteiger partial charge >= 0.3 is 6.18 Å². The molecule has 2 rings (SSSR count). The zero-order valence-electron chi connectivity index (χ0n) is 9.04. The molecule has 1 heterocycles. The van der Waals surface area contributed by atoms with Crippen molar-refractivity contribution < 1.29 is 13.2 Å². The number of rotatable bonds is 1. The maximum Gasteiger partial charge on any atom is 0.392 e. The summed E-state index contributed by atoms with van der Waals surface area (Å²) in [5, 5.41) is 2.90. The number of halogens is 4. The minimum atomic E-state index is -4.20. The summed E-state index contributed by atoms with van der Waals surface area (Å²) in [4.78, 5) is 0. The summed E-state index contributed by atoms with van der Waals surface area (Å²) in [5.41, 5.74) is 0.118. The lowest BCUT2D eigenvalue weighted by Gasteiger charge is -2.36. The number of benzene rings is 1. The van der Waals surface area contributed by atoms with Crippen LogP contribution in [0.15, 0.2) is 30.3 Å². The van der Waals surface area contributed by atoms with Crippen LogP contribution in [-0.2, 0) is 0 Å². The first-order chi connectivity index (χ1) is 7.98. The molecule has 0 bridgehead atoms. The molecule has 3 atom stereocenters. The highest BCUT2D eigenvalue weighted by Gasteiger charge is 2.47. The van der Waals surface area contributed by atoms with E-state index in [9.17, 15) is 13.2 Å². The average Bonchev–Trinajstić information content (AvgIpc) is 2.29. The van der Waals surface area contributed by atoms with Crippen LogP contribution in [0.25, 0.3) is 0 Å². The highest BCUT2D eigenvalue weighted by atomic mass is 35.5. The van der Waals surface area contributed by atoms with E-state index in [1.54, 1.807) is 30.3 Å². The minimum absolute atomic E-state index is 0.0788. The van der Waals surface area contributed by atoms with Crippen molar-refractivity contribution in [1.29, 1.82) is 0 Å². The molecular formula is C12H13ClF3N. The van der Waals surface area contributed by atoms with Gasteiger partial charge in [0, 0.05) is 12.5 Å². The molecule has 1 saturated heterocycles. The van der Waals surface area contributed by atoms with Crippen LogP contribution in [0.4, 0.5) is 13.2 Å². The van der Waals surface area contributed by atoms with Crippen molar-refractivity contribution in [1.82, 2.24) is 5.32 Å². The van der Waals surface area contributed by atoms with Crippen LogP contribution in [0, 0.1) is 5.92 Å². The highest BCUT2D eigenvalue weighted by molar-refractivity contribution is 6.20. The van der Waals surface area contributed by atoms with Gasteiger partial charge in [0.05, 0.1) is 11.4 Å². The number of piperidine rings is 1. The molecule has 1 aliphatic rings. The van der Waals surface area contributed by atoms with Gasteiger partial charge in [-0.15, -0.1) is 11.6 Å². The van der Waals surface area contributed by atoms with Gasteiger partial charge in [-0.3, -0.25) is 0 Å². The first-order valence-electron chi connectivity index (χ1n) is 5.47. The Hall–Kier alpha value is -0.740. The predicted molar refractivity (Wildman–Crippen MR) is 61.0 cm³/mol. The Morgan fingerprint density at radius 1 is 1.18 bits per heavy atom. The zero-order chi connectivity index (χ0) is 12.5. The van der Waals surface area contributed by atoms with Gasteiger partial charge in [-0.1, -0.05) is 30.3 Å². The first kappa shape index (κ1) is 12.7. The summed E-state index contributed by atoms with van der Waals surface area (Å²) in [6.45, 7) is 0.266. The second-order valence-corrected chi connectivity index (χ2v) is 4.80. The second kappa shape index (κ2) is 4.86. The first-order valence-corrected chi connectivity index (χ1v) is 5.91. The lowest BCUT2D eigenvalue weighted by molar-refractivity contribution is -0.186. The molecule has 1 aromatic carbocycles. The van der Waals surface area contributed by atoms with Crippen molar-refractivity contribution in [2.75, 3.05) is 6.54 Å². The number of nitrogens with one attached hydrogen (secondary N) is 1.